The van der Waals surface area contributed by atoms with E-state index >= 15 is 0 Å². The summed E-state index contributed by atoms with van der Waals surface area (Å²) in [5, 5.41) is 15.1. The Morgan fingerprint density at radius 2 is 1.82 bits per heavy atom. The number of aromatic amines is 1. The Labute approximate surface area is 192 Å². The molecule has 4 rings (SSSR count). The number of nitrogens with one attached hydrogen (secondary N) is 2. The quantitative estimate of drug-likeness (QED) is 0.400. The zero-order chi connectivity index (χ0) is 23.8. The Balaban J connectivity index is 1.66. The molecule has 1 aliphatic rings. The van der Waals surface area contributed by atoms with Crippen LogP contribution < -0.4 is 5.32 Å². The highest BCUT2D eigenvalue weighted by molar-refractivity contribution is 7.89. The summed E-state index contributed by atoms with van der Waals surface area (Å²) >= 11 is 0. The van der Waals surface area contributed by atoms with Gasteiger partial charge >= 0.3 is 0 Å². The fraction of sp³-hybridized carbons (Fsp3) is 0.409. The first kappa shape index (κ1) is 23.1. The van der Waals surface area contributed by atoms with Gasteiger partial charge in [-0.1, -0.05) is 26.0 Å². The maximum absolute atomic E-state index is 13.1. The molecular weight excluding hydrogens is 444 g/mol. The number of piperazine rings is 1. The van der Waals surface area contributed by atoms with Crippen LogP contribution in [0.2, 0.25) is 0 Å². The first-order valence-electron chi connectivity index (χ1n) is 10.8. The Morgan fingerprint density at radius 3 is 2.45 bits per heavy atom. The average molecular weight is 473 g/mol. The largest absolute Gasteiger partial charge is 0.369 e. The molecule has 1 saturated heterocycles. The molecular formula is C22H28N6O4S. The van der Waals surface area contributed by atoms with Crippen LogP contribution in [0, 0.1) is 16.0 Å². The predicted octanol–water partition coefficient (Wildman–Crippen LogP) is 3.22. The molecule has 0 bridgehead atoms. The lowest BCUT2D eigenvalue weighted by molar-refractivity contribution is -0.384. The smallest absolute Gasteiger partial charge is 0.293 e. The van der Waals surface area contributed by atoms with Crippen LogP contribution in [0.1, 0.15) is 25.7 Å². The number of sulfonamides is 1. The van der Waals surface area contributed by atoms with Crippen molar-refractivity contribution in [2.75, 3.05) is 38.5 Å². The maximum Gasteiger partial charge on any atom is 0.293 e. The lowest BCUT2D eigenvalue weighted by atomic mass is 10.0. The van der Waals surface area contributed by atoms with Crippen molar-refractivity contribution in [1.29, 1.82) is 0 Å². The summed E-state index contributed by atoms with van der Waals surface area (Å²) in [6.07, 6.45) is 0. The zero-order valence-corrected chi connectivity index (χ0v) is 19.7. The maximum atomic E-state index is 13.1. The molecule has 1 aromatic heterocycles. The first-order valence-corrected chi connectivity index (χ1v) is 12.3. The third-order valence-electron chi connectivity index (χ3n) is 5.95. The number of nitrogens with zero attached hydrogens (tertiary/aromatic N) is 4. The third-order valence-corrected chi connectivity index (χ3v) is 7.84. The molecule has 2 aromatic carbocycles. The van der Waals surface area contributed by atoms with Gasteiger partial charge < -0.3 is 15.2 Å². The molecule has 10 nitrogen and oxygen atoms in total. The Bertz CT molecular complexity index is 1230. The van der Waals surface area contributed by atoms with Gasteiger partial charge in [-0.25, -0.2) is 13.4 Å². The highest BCUT2D eigenvalue weighted by Crippen LogP contribution is 2.34. The first-order chi connectivity index (χ1) is 15.7. The van der Waals surface area contributed by atoms with Gasteiger partial charge in [0.15, 0.2) is 0 Å². The van der Waals surface area contributed by atoms with Crippen LogP contribution in [0.3, 0.4) is 0 Å². The number of nitro benzene ring substituents is 1. The number of imidazole rings is 1. The van der Waals surface area contributed by atoms with Gasteiger partial charge in [-0.2, -0.15) is 4.31 Å². The number of nitro groups is 1. The second kappa shape index (κ2) is 9.08. The summed E-state index contributed by atoms with van der Waals surface area (Å²) in [4.78, 5) is 21.2. The van der Waals surface area contributed by atoms with E-state index in [4.69, 9.17) is 0 Å². The third kappa shape index (κ3) is 4.70. The van der Waals surface area contributed by atoms with Crippen molar-refractivity contribution in [3.8, 4) is 0 Å². The molecule has 1 atom stereocenters. The van der Waals surface area contributed by atoms with Crippen LogP contribution in [0.15, 0.2) is 47.4 Å². The molecule has 0 saturated carbocycles. The van der Waals surface area contributed by atoms with Gasteiger partial charge in [-0.05, 0) is 37.2 Å². The Hall–Kier alpha value is -3.02. The molecule has 176 valence electrons. The van der Waals surface area contributed by atoms with E-state index in [-0.39, 0.29) is 28.2 Å². The number of aromatic nitrogens is 2. The van der Waals surface area contributed by atoms with E-state index in [1.54, 1.807) is 0 Å². The topological polar surface area (TPSA) is 124 Å². The Morgan fingerprint density at radius 1 is 1.12 bits per heavy atom. The van der Waals surface area contributed by atoms with Gasteiger partial charge in [0.05, 0.1) is 26.9 Å². The van der Waals surface area contributed by atoms with Crippen molar-refractivity contribution < 1.29 is 13.3 Å². The molecule has 1 fully saturated rings. The number of benzene rings is 2. The highest BCUT2D eigenvalue weighted by Gasteiger charge is 2.30. The molecule has 2 N–H and O–H groups in total. The van der Waals surface area contributed by atoms with Gasteiger partial charge in [0.1, 0.15) is 11.5 Å². The van der Waals surface area contributed by atoms with Crippen molar-refractivity contribution in [1.82, 2.24) is 19.2 Å². The van der Waals surface area contributed by atoms with E-state index in [9.17, 15) is 18.5 Å². The van der Waals surface area contributed by atoms with Crippen LogP contribution in [-0.4, -0.2) is 65.7 Å². The number of rotatable bonds is 7. The van der Waals surface area contributed by atoms with Gasteiger partial charge in [0.2, 0.25) is 10.0 Å². The Kier molecular flexibility index (Phi) is 6.37. The lowest BCUT2D eigenvalue weighted by Gasteiger charge is -2.31. The van der Waals surface area contributed by atoms with Crippen molar-refractivity contribution in [2.45, 2.75) is 24.8 Å². The predicted molar refractivity (Wildman–Crippen MR) is 127 cm³/mol. The summed E-state index contributed by atoms with van der Waals surface area (Å²) in [7, 11) is -1.88. The second-order valence-corrected chi connectivity index (χ2v) is 10.6. The van der Waals surface area contributed by atoms with Crippen molar-refractivity contribution in [3.05, 3.63) is 58.4 Å². The number of H-pyrrole nitrogens is 1. The minimum atomic E-state index is -3.82. The minimum Gasteiger partial charge on any atom is -0.369 e. The summed E-state index contributed by atoms with van der Waals surface area (Å²) in [5.41, 5.74) is 1.65. The molecule has 0 unspecified atom stereocenters. The molecule has 33 heavy (non-hydrogen) atoms. The van der Waals surface area contributed by atoms with E-state index in [0.29, 0.717) is 32.0 Å². The van der Waals surface area contributed by atoms with E-state index in [1.807, 2.05) is 50.1 Å². The van der Waals surface area contributed by atoms with Crippen molar-refractivity contribution in [3.63, 3.8) is 0 Å². The van der Waals surface area contributed by atoms with Crippen LogP contribution in [0.5, 0.6) is 0 Å². The summed E-state index contributed by atoms with van der Waals surface area (Å²) in [5.74, 6) is 0.716. The van der Waals surface area contributed by atoms with Crippen LogP contribution in [0.4, 0.5) is 11.4 Å². The molecule has 1 aliphatic heterocycles. The molecule has 0 radical (unpaired) electrons. The number of hydrogen-bond acceptors (Lipinski definition) is 7. The summed E-state index contributed by atoms with van der Waals surface area (Å²) in [6.45, 7) is 5.93. The molecule has 11 heteroatoms. The molecule has 0 spiro atoms. The normalized spacial score (nSPS) is 16.8. The average Bonchev–Trinajstić information content (AvgIpc) is 3.21. The van der Waals surface area contributed by atoms with Gasteiger partial charge in [0.25, 0.3) is 5.69 Å². The van der Waals surface area contributed by atoms with E-state index in [1.165, 1.54) is 16.4 Å². The van der Waals surface area contributed by atoms with E-state index in [0.717, 1.165) is 17.1 Å². The highest BCUT2D eigenvalue weighted by atomic mass is 32.2. The van der Waals surface area contributed by atoms with Gasteiger partial charge in [0, 0.05) is 32.2 Å². The van der Waals surface area contributed by atoms with Crippen LogP contribution in [-0.2, 0) is 10.0 Å². The van der Waals surface area contributed by atoms with Gasteiger partial charge in [-0.15, -0.1) is 0 Å². The van der Waals surface area contributed by atoms with Crippen molar-refractivity contribution in [2.24, 2.45) is 5.92 Å². The molecule has 0 aliphatic carbocycles. The number of anilines is 1. The number of likely N-dealkylation sites (N-methyl/N-ethyl adjacent to an activating group) is 1. The summed E-state index contributed by atoms with van der Waals surface area (Å²) < 4.78 is 27.5. The monoisotopic (exact) mass is 472 g/mol. The fourth-order valence-electron chi connectivity index (χ4n) is 3.96. The zero-order valence-electron chi connectivity index (χ0n) is 18.9. The lowest BCUT2D eigenvalue weighted by Crippen LogP contribution is -2.47. The molecule has 3 aromatic rings. The fourth-order valence-corrected chi connectivity index (χ4v) is 5.40. The standard InChI is InChI=1S/C22H28N6O4S/c1-15(2)21(22-24-17-6-4-5-7-18(17)25-22)23-19-9-8-16(14-20(19)28(29)30)33(31,32)27-12-10-26(3)11-13-27/h4-9,14-15,21,23H,10-13H2,1-3H3,(H,24,25)/t21-/m0/s1. The minimum absolute atomic E-state index is 0.0546. The number of hydrogen-bond donors (Lipinski definition) is 2. The van der Waals surface area contributed by atoms with E-state index in [2.05, 4.69) is 15.3 Å². The van der Waals surface area contributed by atoms with Crippen LogP contribution >= 0.6 is 0 Å². The van der Waals surface area contributed by atoms with Gasteiger partial charge in [-0.3, -0.25) is 10.1 Å². The number of fused-ring (bicyclic) bond motifs is 1. The summed E-state index contributed by atoms with van der Waals surface area (Å²) in [6, 6.07) is 11.3. The second-order valence-electron chi connectivity index (χ2n) is 8.65. The molecule has 2 heterocycles. The number of para-hydroxylation sites is 2. The van der Waals surface area contributed by atoms with Crippen LogP contribution in [0.25, 0.3) is 11.0 Å². The molecule has 0 amide bonds. The van der Waals surface area contributed by atoms with E-state index < -0.39 is 14.9 Å². The SMILES string of the molecule is CC(C)[C@H](Nc1ccc(S(=O)(=O)N2CCN(C)CC2)cc1[N+](=O)[O-])c1nc2ccccc2[nH]1. The van der Waals surface area contributed by atoms with Crippen molar-refractivity contribution >= 4 is 32.4 Å².